The van der Waals surface area contributed by atoms with Crippen molar-refractivity contribution < 1.29 is 18.8 Å². The maximum Gasteiger partial charge on any atom is 0.365 e. The molecule has 0 aromatic carbocycles. The topological polar surface area (TPSA) is 76.3 Å². The molecule has 0 fully saturated rings. The van der Waals surface area contributed by atoms with Crippen LogP contribution in [0.25, 0.3) is 0 Å². The van der Waals surface area contributed by atoms with Crippen LogP contribution in [0, 0.1) is 10.1 Å². The van der Waals surface area contributed by atoms with Crippen LogP contribution in [0.5, 0.6) is 0 Å². The predicted octanol–water partition coefficient (Wildman–Crippen LogP) is 2.18. The van der Waals surface area contributed by atoms with Crippen LogP contribution in [0.15, 0.2) is 10.7 Å². The Morgan fingerprint density at radius 2 is 2.27 bits per heavy atom. The van der Waals surface area contributed by atoms with Crippen LogP contribution in [0.3, 0.4) is 0 Å². The highest BCUT2D eigenvalue weighted by Crippen LogP contribution is 2.30. The molecule has 0 aliphatic heterocycles. The van der Waals surface area contributed by atoms with E-state index in [0.29, 0.717) is 6.07 Å². The Labute approximate surface area is 91.0 Å². The fraction of sp³-hybridized carbons (Fsp3) is 0.286. The first-order valence-electron chi connectivity index (χ1n) is 3.70. The van der Waals surface area contributed by atoms with E-state index in [2.05, 4.69) is 20.9 Å². The fourth-order valence-corrected chi connectivity index (χ4v) is 1.53. The van der Waals surface area contributed by atoms with Crippen molar-refractivity contribution in [1.82, 2.24) is 4.98 Å². The Bertz CT molecular complexity index is 400. The molecule has 1 aromatic rings. The minimum Gasteiger partial charge on any atom is -0.391 e. The van der Waals surface area contributed by atoms with Crippen molar-refractivity contribution >= 4 is 21.7 Å². The standard InChI is InChI=1S/C7H5BrF2N2O3/c8-6-4(2-13)3(7(9)10)1-5(11-6)12(14)15/h1,7,13H,2H2. The van der Waals surface area contributed by atoms with Crippen LogP contribution in [0.1, 0.15) is 17.6 Å². The second-order valence-corrected chi connectivity index (χ2v) is 3.31. The SMILES string of the molecule is O=[N+]([O-])c1cc(C(F)F)c(CO)c(Br)n1. The summed E-state index contributed by atoms with van der Waals surface area (Å²) in [5.74, 6) is -0.686. The van der Waals surface area contributed by atoms with Gasteiger partial charge in [-0.15, -0.1) is 0 Å². The van der Waals surface area contributed by atoms with Crippen molar-refractivity contribution in [2.45, 2.75) is 13.0 Å². The van der Waals surface area contributed by atoms with E-state index in [-0.39, 0.29) is 10.2 Å². The molecule has 0 saturated carbocycles. The fourth-order valence-electron chi connectivity index (χ4n) is 0.990. The summed E-state index contributed by atoms with van der Waals surface area (Å²) in [6.07, 6.45) is -2.90. The van der Waals surface area contributed by atoms with Crippen LogP contribution >= 0.6 is 15.9 Å². The Hall–Kier alpha value is -1.15. The number of hydrogen-bond donors (Lipinski definition) is 1. The maximum atomic E-state index is 12.5. The van der Waals surface area contributed by atoms with Crippen LogP contribution in [0.4, 0.5) is 14.6 Å². The molecule has 82 valence electrons. The number of rotatable bonds is 3. The van der Waals surface area contributed by atoms with Crippen LogP contribution in [-0.2, 0) is 6.61 Å². The molecule has 0 saturated heterocycles. The molecular weight excluding hydrogens is 278 g/mol. The molecule has 0 unspecified atom stereocenters. The molecule has 0 bridgehead atoms. The molecule has 15 heavy (non-hydrogen) atoms. The van der Waals surface area contributed by atoms with E-state index in [1.807, 2.05) is 0 Å². The summed E-state index contributed by atoms with van der Waals surface area (Å²) in [5, 5.41) is 19.1. The van der Waals surface area contributed by atoms with Gasteiger partial charge in [0.05, 0.1) is 6.61 Å². The molecule has 1 rings (SSSR count). The van der Waals surface area contributed by atoms with Gasteiger partial charge in [-0.25, -0.2) is 8.78 Å². The summed E-state index contributed by atoms with van der Waals surface area (Å²) in [4.78, 5) is 12.9. The van der Waals surface area contributed by atoms with Crippen molar-refractivity contribution in [2.75, 3.05) is 0 Å². The molecule has 5 nitrogen and oxygen atoms in total. The zero-order valence-corrected chi connectivity index (χ0v) is 8.74. The van der Waals surface area contributed by atoms with E-state index < -0.39 is 29.3 Å². The number of aliphatic hydroxyl groups excluding tert-OH is 1. The second kappa shape index (κ2) is 4.58. The lowest BCUT2D eigenvalue weighted by atomic mass is 10.1. The average molecular weight is 283 g/mol. The molecule has 0 aliphatic rings. The normalized spacial score (nSPS) is 10.7. The predicted molar refractivity (Wildman–Crippen MR) is 49.5 cm³/mol. The van der Waals surface area contributed by atoms with Gasteiger partial charge in [-0.2, -0.15) is 0 Å². The van der Waals surface area contributed by atoms with Crippen LogP contribution in [-0.4, -0.2) is 15.0 Å². The van der Waals surface area contributed by atoms with Gasteiger partial charge in [-0.3, -0.25) is 0 Å². The Balaban J connectivity index is 3.38. The van der Waals surface area contributed by atoms with Gasteiger partial charge in [0.15, 0.2) is 0 Å². The molecule has 0 aliphatic carbocycles. The van der Waals surface area contributed by atoms with Gasteiger partial charge in [-0.05, 0) is 9.91 Å². The molecule has 0 atom stereocenters. The zero-order chi connectivity index (χ0) is 11.6. The van der Waals surface area contributed by atoms with Gasteiger partial charge in [-0.1, -0.05) is 0 Å². The van der Waals surface area contributed by atoms with E-state index in [1.165, 1.54) is 0 Å². The Morgan fingerprint density at radius 1 is 1.67 bits per heavy atom. The Kier molecular flexibility index (Phi) is 3.64. The summed E-state index contributed by atoms with van der Waals surface area (Å²) in [5.41, 5.74) is -0.735. The van der Waals surface area contributed by atoms with Crippen LogP contribution < -0.4 is 0 Å². The van der Waals surface area contributed by atoms with Gasteiger partial charge in [0, 0.05) is 33.1 Å². The third-order valence-electron chi connectivity index (χ3n) is 1.68. The molecule has 0 spiro atoms. The van der Waals surface area contributed by atoms with E-state index in [9.17, 15) is 18.9 Å². The monoisotopic (exact) mass is 282 g/mol. The third kappa shape index (κ3) is 2.45. The number of hydrogen-bond acceptors (Lipinski definition) is 4. The van der Waals surface area contributed by atoms with Gasteiger partial charge in [0.2, 0.25) is 4.60 Å². The minimum atomic E-state index is -2.90. The summed E-state index contributed by atoms with van der Waals surface area (Å²) in [7, 11) is 0. The highest BCUT2D eigenvalue weighted by molar-refractivity contribution is 9.10. The lowest BCUT2D eigenvalue weighted by molar-refractivity contribution is -0.389. The first kappa shape index (κ1) is 11.9. The lowest BCUT2D eigenvalue weighted by Crippen LogP contribution is -2.02. The van der Waals surface area contributed by atoms with Crippen molar-refractivity contribution in [3.8, 4) is 0 Å². The molecule has 1 N–H and O–H groups in total. The number of halogens is 3. The largest absolute Gasteiger partial charge is 0.391 e. The summed E-state index contributed by atoms with van der Waals surface area (Å²) >= 11 is 2.79. The first-order valence-corrected chi connectivity index (χ1v) is 4.49. The zero-order valence-electron chi connectivity index (χ0n) is 7.15. The highest BCUT2D eigenvalue weighted by atomic mass is 79.9. The average Bonchev–Trinajstić information content (AvgIpc) is 2.16. The van der Waals surface area contributed by atoms with Gasteiger partial charge in [0.1, 0.15) is 0 Å². The summed E-state index contributed by atoms with van der Waals surface area (Å²) < 4.78 is 24.8. The van der Waals surface area contributed by atoms with Crippen molar-refractivity contribution in [3.05, 3.63) is 31.9 Å². The Morgan fingerprint density at radius 3 is 2.67 bits per heavy atom. The van der Waals surface area contributed by atoms with Gasteiger partial charge >= 0.3 is 5.82 Å². The van der Waals surface area contributed by atoms with E-state index >= 15 is 0 Å². The van der Waals surface area contributed by atoms with Crippen molar-refractivity contribution in [2.24, 2.45) is 0 Å². The minimum absolute atomic E-state index is 0.143. The first-order chi connectivity index (χ1) is 6.97. The molecule has 0 radical (unpaired) electrons. The quantitative estimate of drug-likeness (QED) is 0.524. The van der Waals surface area contributed by atoms with Gasteiger partial charge in [0.25, 0.3) is 6.43 Å². The van der Waals surface area contributed by atoms with E-state index in [1.54, 1.807) is 0 Å². The second-order valence-electron chi connectivity index (χ2n) is 2.55. The van der Waals surface area contributed by atoms with Gasteiger partial charge < -0.3 is 15.2 Å². The van der Waals surface area contributed by atoms with Crippen molar-refractivity contribution in [3.63, 3.8) is 0 Å². The molecular formula is C7H5BrF2N2O3. The number of nitrogens with zero attached hydrogens (tertiary/aromatic N) is 2. The number of aromatic nitrogens is 1. The smallest absolute Gasteiger partial charge is 0.365 e. The molecule has 8 heteroatoms. The van der Waals surface area contributed by atoms with Crippen molar-refractivity contribution in [1.29, 1.82) is 0 Å². The van der Waals surface area contributed by atoms with E-state index in [0.717, 1.165) is 0 Å². The number of aliphatic hydroxyl groups is 1. The maximum absolute atomic E-state index is 12.5. The summed E-state index contributed by atoms with van der Waals surface area (Å²) in [6, 6.07) is 0.654. The molecule has 1 aromatic heterocycles. The number of alkyl halides is 2. The highest BCUT2D eigenvalue weighted by Gasteiger charge is 2.23. The molecule has 1 heterocycles. The molecule has 0 amide bonds. The third-order valence-corrected chi connectivity index (χ3v) is 2.33. The lowest BCUT2D eigenvalue weighted by Gasteiger charge is -2.05. The van der Waals surface area contributed by atoms with Crippen LogP contribution in [0.2, 0.25) is 0 Å². The van der Waals surface area contributed by atoms with E-state index in [4.69, 9.17) is 5.11 Å². The summed E-state index contributed by atoms with van der Waals surface area (Å²) in [6.45, 7) is -0.661. The number of nitro groups is 1. The number of pyridine rings is 1.